The van der Waals surface area contributed by atoms with E-state index in [0.29, 0.717) is 18.7 Å². The predicted molar refractivity (Wildman–Crippen MR) is 82.4 cm³/mol. The van der Waals surface area contributed by atoms with Gasteiger partial charge in [-0.25, -0.2) is 0 Å². The first-order chi connectivity index (χ1) is 9.19. The summed E-state index contributed by atoms with van der Waals surface area (Å²) in [5, 5.41) is 2.92. The molecular formula is C14H15BrN2OS. The lowest BCUT2D eigenvalue weighted by Gasteiger charge is -2.05. The molecule has 1 amide bonds. The third kappa shape index (κ3) is 4.16. The maximum Gasteiger partial charge on any atom is 0.251 e. The zero-order chi connectivity index (χ0) is 13.7. The quantitative estimate of drug-likeness (QED) is 0.880. The molecule has 1 aromatic carbocycles. The van der Waals surface area contributed by atoms with Crippen LogP contribution >= 0.6 is 27.3 Å². The van der Waals surface area contributed by atoms with Crippen LogP contribution in [0.5, 0.6) is 0 Å². The number of rotatable bonds is 5. The first-order valence-electron chi connectivity index (χ1n) is 6.00. The molecule has 0 atom stereocenters. The van der Waals surface area contributed by atoms with Crippen molar-refractivity contribution >= 4 is 33.2 Å². The highest BCUT2D eigenvalue weighted by molar-refractivity contribution is 9.11. The van der Waals surface area contributed by atoms with Crippen molar-refractivity contribution in [2.45, 2.75) is 13.0 Å². The average Bonchev–Trinajstić information content (AvgIpc) is 2.84. The topological polar surface area (TPSA) is 55.1 Å². The number of hydrogen-bond donors (Lipinski definition) is 2. The molecule has 1 heterocycles. The van der Waals surface area contributed by atoms with Crippen LogP contribution in [-0.4, -0.2) is 12.5 Å². The van der Waals surface area contributed by atoms with Gasteiger partial charge in [-0.2, -0.15) is 0 Å². The standard InChI is InChI=1S/C14H15BrN2OS/c15-13-6-5-12(19-13)7-8-17-14(18)11-3-1-10(9-16)2-4-11/h1-6H,7-9,16H2,(H,17,18). The molecule has 3 N–H and O–H groups in total. The minimum Gasteiger partial charge on any atom is -0.352 e. The zero-order valence-electron chi connectivity index (χ0n) is 10.4. The fraction of sp³-hybridized carbons (Fsp3) is 0.214. The van der Waals surface area contributed by atoms with Gasteiger partial charge in [0.2, 0.25) is 0 Å². The molecule has 2 rings (SSSR count). The number of halogens is 1. The van der Waals surface area contributed by atoms with Crippen molar-refractivity contribution in [3.8, 4) is 0 Å². The largest absolute Gasteiger partial charge is 0.352 e. The van der Waals surface area contributed by atoms with Gasteiger partial charge in [-0.05, 0) is 52.2 Å². The van der Waals surface area contributed by atoms with Crippen molar-refractivity contribution in [1.29, 1.82) is 0 Å². The maximum atomic E-state index is 11.9. The lowest BCUT2D eigenvalue weighted by molar-refractivity contribution is 0.0954. The van der Waals surface area contributed by atoms with Crippen LogP contribution in [0.4, 0.5) is 0 Å². The highest BCUT2D eigenvalue weighted by Gasteiger charge is 2.05. The van der Waals surface area contributed by atoms with Gasteiger partial charge in [0.05, 0.1) is 3.79 Å². The van der Waals surface area contributed by atoms with Crippen molar-refractivity contribution in [1.82, 2.24) is 5.32 Å². The van der Waals surface area contributed by atoms with Crippen LogP contribution in [0.3, 0.4) is 0 Å². The van der Waals surface area contributed by atoms with Crippen molar-refractivity contribution in [3.63, 3.8) is 0 Å². The second-order valence-corrected chi connectivity index (χ2v) is 6.66. The Bertz CT molecular complexity index is 551. The highest BCUT2D eigenvalue weighted by atomic mass is 79.9. The molecule has 0 aliphatic heterocycles. The summed E-state index contributed by atoms with van der Waals surface area (Å²) in [6, 6.07) is 11.5. The van der Waals surface area contributed by atoms with Crippen molar-refractivity contribution in [3.05, 3.63) is 56.2 Å². The molecule has 0 saturated carbocycles. The Balaban J connectivity index is 1.83. The van der Waals surface area contributed by atoms with Crippen LogP contribution in [0.1, 0.15) is 20.8 Å². The summed E-state index contributed by atoms with van der Waals surface area (Å²) in [7, 11) is 0. The van der Waals surface area contributed by atoms with E-state index in [1.807, 2.05) is 18.2 Å². The molecule has 3 nitrogen and oxygen atoms in total. The van der Waals surface area contributed by atoms with Gasteiger partial charge in [-0.3, -0.25) is 4.79 Å². The van der Waals surface area contributed by atoms with Gasteiger partial charge in [0.25, 0.3) is 5.91 Å². The Morgan fingerprint density at radius 3 is 2.53 bits per heavy atom. The summed E-state index contributed by atoms with van der Waals surface area (Å²) in [6.07, 6.45) is 0.850. The molecule has 0 fully saturated rings. The Kier molecular flexibility index (Phi) is 5.13. The smallest absolute Gasteiger partial charge is 0.251 e. The number of nitrogens with one attached hydrogen (secondary N) is 1. The Labute approximate surface area is 125 Å². The van der Waals surface area contributed by atoms with Crippen molar-refractivity contribution < 1.29 is 4.79 Å². The Morgan fingerprint density at radius 2 is 1.95 bits per heavy atom. The third-order valence-corrected chi connectivity index (χ3v) is 4.42. The molecule has 19 heavy (non-hydrogen) atoms. The van der Waals surface area contributed by atoms with E-state index in [1.54, 1.807) is 23.5 Å². The number of carbonyl (C=O) groups is 1. The molecule has 0 bridgehead atoms. The number of nitrogens with two attached hydrogens (primary N) is 1. The van der Waals surface area contributed by atoms with Crippen LogP contribution in [-0.2, 0) is 13.0 Å². The predicted octanol–water partition coefficient (Wildman–Crippen LogP) is 2.94. The number of hydrogen-bond acceptors (Lipinski definition) is 3. The van der Waals surface area contributed by atoms with Gasteiger partial charge in [-0.1, -0.05) is 12.1 Å². The molecule has 1 aromatic heterocycles. The lowest BCUT2D eigenvalue weighted by Crippen LogP contribution is -2.25. The maximum absolute atomic E-state index is 11.9. The molecule has 0 saturated heterocycles. The first-order valence-corrected chi connectivity index (χ1v) is 7.61. The van der Waals surface area contributed by atoms with Crippen molar-refractivity contribution in [2.24, 2.45) is 5.73 Å². The van der Waals surface area contributed by atoms with Crippen LogP contribution in [0, 0.1) is 0 Å². The van der Waals surface area contributed by atoms with Gasteiger partial charge in [-0.15, -0.1) is 11.3 Å². The van der Waals surface area contributed by atoms with E-state index in [9.17, 15) is 4.79 Å². The Hall–Kier alpha value is -1.17. The Morgan fingerprint density at radius 1 is 1.21 bits per heavy atom. The van der Waals surface area contributed by atoms with Crippen LogP contribution < -0.4 is 11.1 Å². The number of amides is 1. The molecular weight excluding hydrogens is 324 g/mol. The van der Waals surface area contributed by atoms with Crippen LogP contribution in [0.15, 0.2) is 40.2 Å². The van der Waals surface area contributed by atoms with Gasteiger partial charge in [0.1, 0.15) is 0 Å². The SMILES string of the molecule is NCc1ccc(C(=O)NCCc2ccc(Br)s2)cc1. The van der Waals surface area contributed by atoms with E-state index >= 15 is 0 Å². The molecule has 100 valence electrons. The lowest BCUT2D eigenvalue weighted by atomic mass is 10.1. The average molecular weight is 339 g/mol. The summed E-state index contributed by atoms with van der Waals surface area (Å²) >= 11 is 5.12. The van der Waals surface area contributed by atoms with E-state index < -0.39 is 0 Å². The second-order valence-electron chi connectivity index (χ2n) is 4.11. The third-order valence-electron chi connectivity index (χ3n) is 2.74. The van der Waals surface area contributed by atoms with E-state index in [2.05, 4.69) is 27.3 Å². The second kappa shape index (κ2) is 6.84. The summed E-state index contributed by atoms with van der Waals surface area (Å²) < 4.78 is 1.12. The number of thiophene rings is 1. The molecule has 0 unspecified atom stereocenters. The van der Waals surface area contributed by atoms with E-state index in [-0.39, 0.29) is 5.91 Å². The fourth-order valence-corrected chi connectivity index (χ4v) is 3.16. The number of benzene rings is 1. The van der Waals surface area contributed by atoms with Gasteiger partial charge >= 0.3 is 0 Å². The highest BCUT2D eigenvalue weighted by Crippen LogP contribution is 2.22. The first kappa shape index (κ1) is 14.2. The normalized spacial score (nSPS) is 10.4. The van der Waals surface area contributed by atoms with E-state index in [4.69, 9.17) is 5.73 Å². The molecule has 0 aliphatic carbocycles. The minimum absolute atomic E-state index is 0.0424. The fourth-order valence-electron chi connectivity index (χ4n) is 1.68. The molecule has 2 aromatic rings. The van der Waals surface area contributed by atoms with Gasteiger partial charge < -0.3 is 11.1 Å². The van der Waals surface area contributed by atoms with Crippen LogP contribution in [0.25, 0.3) is 0 Å². The van der Waals surface area contributed by atoms with Crippen molar-refractivity contribution in [2.75, 3.05) is 6.54 Å². The minimum atomic E-state index is -0.0424. The number of carbonyl (C=O) groups excluding carboxylic acids is 1. The zero-order valence-corrected chi connectivity index (χ0v) is 12.8. The van der Waals surface area contributed by atoms with Gasteiger partial charge in [0.15, 0.2) is 0 Å². The summed E-state index contributed by atoms with van der Waals surface area (Å²) in [4.78, 5) is 13.1. The van der Waals surface area contributed by atoms with Gasteiger partial charge in [0, 0.05) is 23.5 Å². The summed E-state index contributed by atoms with van der Waals surface area (Å²) in [5.74, 6) is -0.0424. The van der Waals surface area contributed by atoms with Crippen LogP contribution in [0.2, 0.25) is 0 Å². The molecule has 0 aliphatic rings. The molecule has 0 spiro atoms. The molecule has 0 radical (unpaired) electrons. The van der Waals surface area contributed by atoms with E-state index in [0.717, 1.165) is 15.8 Å². The summed E-state index contributed by atoms with van der Waals surface area (Å²) in [6.45, 7) is 1.14. The van der Waals surface area contributed by atoms with E-state index in [1.165, 1.54) is 4.88 Å². The summed E-state index contributed by atoms with van der Waals surface area (Å²) in [5.41, 5.74) is 7.22. The monoisotopic (exact) mass is 338 g/mol. The molecule has 5 heteroatoms.